The highest BCUT2D eigenvalue weighted by Crippen LogP contribution is 2.33. The van der Waals surface area contributed by atoms with Crippen molar-refractivity contribution in [1.82, 2.24) is 15.0 Å². The predicted octanol–water partition coefficient (Wildman–Crippen LogP) is 9.31. The molecule has 3 aromatic heterocycles. The Hall–Kier alpha value is -6.82. The van der Waals surface area contributed by atoms with Crippen molar-refractivity contribution in [2.75, 3.05) is 39.6 Å². The first-order valence-electron chi connectivity index (χ1n) is 20.2. The lowest BCUT2D eigenvalue weighted by molar-refractivity contribution is 0.0333. The minimum absolute atomic E-state index is 0.0548. The Kier molecular flexibility index (Phi) is 12.9. The molecule has 0 aliphatic heterocycles. The number of benzene rings is 5. The summed E-state index contributed by atoms with van der Waals surface area (Å²) < 4.78 is 37.4. The highest BCUT2D eigenvalue weighted by molar-refractivity contribution is 5.89. The number of aromatic nitrogens is 3. The highest BCUT2D eigenvalue weighted by Gasteiger charge is 2.18. The summed E-state index contributed by atoms with van der Waals surface area (Å²) in [7, 11) is 0. The molecule has 0 amide bonds. The molecule has 8 aromatic rings. The molecular weight excluding hydrogens is 759 g/mol. The molecule has 0 saturated heterocycles. The summed E-state index contributed by atoms with van der Waals surface area (Å²) in [5.74, 6) is 2.51. The molecule has 60 heavy (non-hydrogen) atoms. The maximum absolute atomic E-state index is 13.6. The first-order chi connectivity index (χ1) is 29.5. The van der Waals surface area contributed by atoms with Crippen LogP contribution in [0.3, 0.4) is 0 Å². The lowest BCUT2D eigenvalue weighted by Crippen LogP contribution is -2.13. The van der Waals surface area contributed by atoms with Gasteiger partial charge in [0.05, 0.1) is 61.6 Å². The fraction of sp³-hybridized carbons (Fsp3) is 0.224. The van der Waals surface area contributed by atoms with Crippen molar-refractivity contribution in [2.24, 2.45) is 0 Å². The Morgan fingerprint density at radius 2 is 1.28 bits per heavy atom. The maximum Gasteiger partial charge on any atom is 0.201 e. The van der Waals surface area contributed by atoms with E-state index in [0.29, 0.717) is 91.0 Å². The topological polar surface area (TPSA) is 128 Å². The SMILES string of the molecule is Cc1ccc2oc(-c3ccc(OCCCCc4cn(CCOCCOCCOc5ccc(-c6oc7ccccc7c(=O)c6-c6ccccc6)cc5)nn4)cc3)cc(=O)c2c1. The van der Waals surface area contributed by atoms with E-state index in [-0.39, 0.29) is 10.9 Å². The summed E-state index contributed by atoms with van der Waals surface area (Å²) in [6.45, 7) is 5.34. The lowest BCUT2D eigenvalue weighted by atomic mass is 9.98. The van der Waals surface area contributed by atoms with Gasteiger partial charge in [-0.25, -0.2) is 4.68 Å². The molecule has 0 spiro atoms. The monoisotopic (exact) mass is 803 g/mol. The van der Waals surface area contributed by atoms with Gasteiger partial charge >= 0.3 is 0 Å². The van der Waals surface area contributed by atoms with Gasteiger partial charge in [-0.2, -0.15) is 0 Å². The molecule has 304 valence electrons. The molecule has 0 atom stereocenters. The second-order valence-electron chi connectivity index (χ2n) is 14.4. The molecule has 3 heterocycles. The van der Waals surface area contributed by atoms with Gasteiger partial charge in [-0.05, 0) is 105 Å². The van der Waals surface area contributed by atoms with Crippen molar-refractivity contribution in [3.63, 3.8) is 0 Å². The largest absolute Gasteiger partial charge is 0.494 e. The van der Waals surface area contributed by atoms with Crippen LogP contribution in [-0.2, 0) is 22.4 Å². The Morgan fingerprint density at radius 3 is 2.08 bits per heavy atom. The molecule has 0 radical (unpaired) electrons. The summed E-state index contributed by atoms with van der Waals surface area (Å²) in [5.41, 5.74) is 5.90. The minimum Gasteiger partial charge on any atom is -0.494 e. The Morgan fingerprint density at radius 1 is 0.600 bits per heavy atom. The number of fused-ring (bicyclic) bond motifs is 2. The standard InChI is InChI=1S/C49H45N3O8/c1-34-14-23-45-42(31-34)43(53)32-46(59-45)35-15-19-39(20-16-35)57-25-8-7-11-38-33-52(51-50-38)24-26-55-27-28-56-29-30-58-40-21-17-37(18-22-40)49-47(36-9-3-2-4-10-36)48(54)41-12-5-6-13-44(41)60-49/h2-6,9-10,12-23,31-33H,7-8,11,24-30H2,1H3. The molecule has 0 saturated carbocycles. The average Bonchev–Trinajstić information content (AvgIpc) is 3.74. The van der Waals surface area contributed by atoms with Crippen molar-refractivity contribution >= 4 is 21.9 Å². The zero-order chi connectivity index (χ0) is 41.1. The third kappa shape index (κ3) is 9.89. The van der Waals surface area contributed by atoms with E-state index in [9.17, 15) is 9.59 Å². The molecule has 0 unspecified atom stereocenters. The number of hydrogen-bond donors (Lipinski definition) is 0. The second-order valence-corrected chi connectivity index (χ2v) is 14.4. The summed E-state index contributed by atoms with van der Waals surface area (Å²) in [6, 6.07) is 39.2. The summed E-state index contributed by atoms with van der Waals surface area (Å²) >= 11 is 0. The average molecular weight is 804 g/mol. The van der Waals surface area contributed by atoms with E-state index in [2.05, 4.69) is 10.3 Å². The smallest absolute Gasteiger partial charge is 0.201 e. The first-order valence-corrected chi connectivity index (χ1v) is 20.2. The number of ether oxygens (including phenoxy) is 4. The van der Waals surface area contributed by atoms with Crippen LogP contribution >= 0.6 is 0 Å². The fourth-order valence-corrected chi connectivity index (χ4v) is 6.90. The van der Waals surface area contributed by atoms with E-state index in [1.54, 1.807) is 10.7 Å². The van der Waals surface area contributed by atoms with E-state index >= 15 is 0 Å². The van der Waals surface area contributed by atoms with Crippen LogP contribution in [0.1, 0.15) is 24.1 Å². The molecule has 5 aromatic carbocycles. The van der Waals surface area contributed by atoms with Gasteiger partial charge in [0.15, 0.2) is 5.43 Å². The zero-order valence-electron chi connectivity index (χ0n) is 33.4. The van der Waals surface area contributed by atoms with Crippen LogP contribution in [0.15, 0.2) is 152 Å². The van der Waals surface area contributed by atoms with Crippen LogP contribution in [0.2, 0.25) is 0 Å². The maximum atomic E-state index is 13.6. The van der Waals surface area contributed by atoms with E-state index in [4.69, 9.17) is 27.8 Å². The quantitative estimate of drug-likeness (QED) is 0.0730. The highest BCUT2D eigenvalue weighted by atomic mass is 16.5. The summed E-state index contributed by atoms with van der Waals surface area (Å²) in [6.07, 6.45) is 4.55. The Labute approximate surface area is 346 Å². The van der Waals surface area contributed by atoms with Crippen LogP contribution in [0, 0.1) is 6.92 Å². The van der Waals surface area contributed by atoms with Crippen LogP contribution in [0.5, 0.6) is 11.5 Å². The van der Waals surface area contributed by atoms with Crippen molar-refractivity contribution < 1.29 is 27.8 Å². The number of nitrogens with zero attached hydrogens (tertiary/aromatic N) is 3. The van der Waals surface area contributed by atoms with E-state index in [1.807, 2.05) is 128 Å². The Balaban J connectivity index is 0.690. The van der Waals surface area contributed by atoms with Gasteiger partial charge in [0.25, 0.3) is 0 Å². The van der Waals surface area contributed by atoms with Gasteiger partial charge in [0.2, 0.25) is 5.43 Å². The van der Waals surface area contributed by atoms with Crippen molar-refractivity contribution in [3.8, 4) is 45.3 Å². The number of rotatable bonds is 19. The first kappa shape index (κ1) is 40.0. The molecule has 0 bridgehead atoms. The summed E-state index contributed by atoms with van der Waals surface area (Å²) in [4.78, 5) is 26.2. The summed E-state index contributed by atoms with van der Waals surface area (Å²) in [5, 5.41) is 9.66. The van der Waals surface area contributed by atoms with Crippen molar-refractivity contribution in [1.29, 1.82) is 0 Å². The number of unbranched alkanes of at least 4 members (excludes halogenated alkanes) is 1. The predicted molar refractivity (Wildman–Crippen MR) is 232 cm³/mol. The number of aryl methyl sites for hydroxylation is 2. The van der Waals surface area contributed by atoms with Crippen LogP contribution in [-0.4, -0.2) is 54.6 Å². The molecule has 8 rings (SSSR count). The molecule has 0 N–H and O–H groups in total. The van der Waals surface area contributed by atoms with Gasteiger partial charge in [-0.1, -0.05) is 59.3 Å². The van der Waals surface area contributed by atoms with E-state index < -0.39 is 0 Å². The van der Waals surface area contributed by atoms with Crippen LogP contribution < -0.4 is 20.3 Å². The lowest BCUT2D eigenvalue weighted by Gasteiger charge is -2.12. The molecular formula is C49H45N3O8. The molecule has 0 fully saturated rings. The van der Waals surface area contributed by atoms with Crippen LogP contribution in [0.4, 0.5) is 0 Å². The van der Waals surface area contributed by atoms with E-state index in [0.717, 1.165) is 53.0 Å². The van der Waals surface area contributed by atoms with Crippen LogP contribution in [0.25, 0.3) is 55.7 Å². The molecule has 0 aliphatic carbocycles. The van der Waals surface area contributed by atoms with Gasteiger partial charge in [0.1, 0.15) is 40.8 Å². The fourth-order valence-electron chi connectivity index (χ4n) is 6.90. The van der Waals surface area contributed by atoms with Crippen molar-refractivity contribution in [2.45, 2.75) is 32.7 Å². The third-order valence-electron chi connectivity index (χ3n) is 10.0. The van der Waals surface area contributed by atoms with E-state index in [1.165, 1.54) is 6.07 Å². The van der Waals surface area contributed by atoms with Gasteiger partial charge in [-0.3, -0.25) is 9.59 Å². The number of para-hydroxylation sites is 1. The Bertz CT molecular complexity index is 2780. The van der Waals surface area contributed by atoms with Gasteiger partial charge in [0, 0.05) is 23.4 Å². The second kappa shape index (κ2) is 19.3. The normalized spacial score (nSPS) is 11.3. The molecule has 11 heteroatoms. The molecule has 11 nitrogen and oxygen atoms in total. The van der Waals surface area contributed by atoms with Gasteiger partial charge in [-0.15, -0.1) is 5.10 Å². The van der Waals surface area contributed by atoms with Crippen molar-refractivity contribution in [3.05, 3.63) is 165 Å². The zero-order valence-corrected chi connectivity index (χ0v) is 33.4. The third-order valence-corrected chi connectivity index (χ3v) is 10.0. The number of hydrogen-bond acceptors (Lipinski definition) is 10. The molecule has 0 aliphatic rings. The van der Waals surface area contributed by atoms with Gasteiger partial charge < -0.3 is 27.8 Å². The minimum atomic E-state index is -0.0644.